The molecule has 320 valence electrons. The lowest BCUT2D eigenvalue weighted by Gasteiger charge is -2.27. The summed E-state index contributed by atoms with van der Waals surface area (Å²) in [6.07, 6.45) is 0. The third kappa shape index (κ3) is 5.89. The summed E-state index contributed by atoms with van der Waals surface area (Å²) in [5.41, 5.74) is 17.1. The van der Waals surface area contributed by atoms with Gasteiger partial charge in [-0.1, -0.05) is 172 Å². The zero-order valence-corrected chi connectivity index (χ0v) is 38.6. The number of nitrogens with zero attached hydrogens (tertiary/aromatic N) is 2. The van der Waals surface area contributed by atoms with E-state index in [1.807, 2.05) is 11.3 Å². The number of fused-ring (bicyclic) bond motifs is 12. The van der Waals surface area contributed by atoms with Crippen LogP contribution in [-0.2, 0) is 5.41 Å². The van der Waals surface area contributed by atoms with E-state index in [0.717, 1.165) is 17.1 Å². The molecule has 0 bridgehead atoms. The molecule has 11 aromatic carbocycles. The van der Waals surface area contributed by atoms with Crippen molar-refractivity contribution < 1.29 is 0 Å². The summed E-state index contributed by atoms with van der Waals surface area (Å²) in [4.78, 5) is 2.40. The van der Waals surface area contributed by atoms with Gasteiger partial charge < -0.3 is 9.47 Å². The van der Waals surface area contributed by atoms with Gasteiger partial charge in [-0.15, -0.1) is 11.3 Å². The Labute approximate surface area is 399 Å². The zero-order valence-electron chi connectivity index (χ0n) is 37.7. The van der Waals surface area contributed by atoms with E-state index in [2.05, 4.69) is 254 Å². The summed E-state index contributed by atoms with van der Waals surface area (Å²) in [6, 6.07) is 85.6. The minimum absolute atomic E-state index is 0.115. The van der Waals surface area contributed by atoms with E-state index in [1.54, 1.807) is 0 Å². The van der Waals surface area contributed by atoms with Gasteiger partial charge in [0.05, 0.1) is 16.7 Å². The average Bonchev–Trinajstić information content (AvgIpc) is 4.01. The van der Waals surface area contributed by atoms with E-state index in [1.165, 1.54) is 114 Å². The van der Waals surface area contributed by atoms with Crippen LogP contribution in [0.15, 0.2) is 231 Å². The van der Waals surface area contributed by atoms with Crippen LogP contribution in [0, 0.1) is 0 Å². The Morgan fingerprint density at radius 3 is 1.85 bits per heavy atom. The molecule has 2 aromatic heterocycles. The first-order valence-corrected chi connectivity index (χ1v) is 24.4. The molecule has 0 radical (unpaired) electrons. The number of anilines is 3. The van der Waals surface area contributed by atoms with Gasteiger partial charge in [-0.05, 0) is 133 Å². The van der Waals surface area contributed by atoms with Crippen LogP contribution in [0.3, 0.4) is 0 Å². The highest BCUT2D eigenvalue weighted by Crippen LogP contribution is 2.50. The number of benzene rings is 11. The molecule has 0 fully saturated rings. The van der Waals surface area contributed by atoms with Crippen molar-refractivity contribution in [2.45, 2.75) is 19.3 Å². The molecule has 1 aliphatic rings. The molecule has 0 saturated carbocycles. The molecule has 2 nitrogen and oxygen atoms in total. The molecule has 0 atom stereocenters. The monoisotopic (exact) mass is 884 g/mol. The van der Waals surface area contributed by atoms with Crippen molar-refractivity contribution in [3.8, 4) is 39.1 Å². The van der Waals surface area contributed by atoms with Crippen LogP contribution < -0.4 is 4.90 Å². The fraction of sp³-hybridized carbons (Fsp3) is 0.0462. The van der Waals surface area contributed by atoms with Gasteiger partial charge >= 0.3 is 0 Å². The lowest BCUT2D eigenvalue weighted by Crippen LogP contribution is -2.15. The van der Waals surface area contributed by atoms with Gasteiger partial charge in [0.1, 0.15) is 0 Å². The fourth-order valence-electron chi connectivity index (χ4n) is 11.4. The molecule has 2 heterocycles. The molecule has 1 aliphatic carbocycles. The smallest absolute Gasteiger partial charge is 0.0547 e. The third-order valence-electron chi connectivity index (χ3n) is 14.8. The quantitative estimate of drug-likeness (QED) is 0.162. The lowest BCUT2D eigenvalue weighted by atomic mass is 9.82. The first-order chi connectivity index (χ1) is 33.5. The Kier molecular flexibility index (Phi) is 8.53. The fourth-order valence-corrected chi connectivity index (χ4v) is 12.5. The first kappa shape index (κ1) is 39.0. The molecule has 3 heteroatoms. The largest absolute Gasteiger partial charge is 0.310 e. The Morgan fingerprint density at radius 1 is 0.382 bits per heavy atom. The van der Waals surface area contributed by atoms with Crippen LogP contribution in [0.2, 0.25) is 0 Å². The Hall–Kier alpha value is -8.24. The van der Waals surface area contributed by atoms with Gasteiger partial charge in [-0.3, -0.25) is 0 Å². The van der Waals surface area contributed by atoms with Gasteiger partial charge in [0.15, 0.2) is 0 Å². The second kappa shape index (κ2) is 14.9. The minimum atomic E-state index is -0.115. The van der Waals surface area contributed by atoms with Crippen molar-refractivity contribution >= 4 is 91.9 Å². The molecule has 0 unspecified atom stereocenters. The van der Waals surface area contributed by atoms with E-state index < -0.39 is 0 Å². The maximum absolute atomic E-state index is 2.53. The van der Waals surface area contributed by atoms with Crippen molar-refractivity contribution in [3.05, 3.63) is 242 Å². The number of hydrogen-bond acceptors (Lipinski definition) is 2. The van der Waals surface area contributed by atoms with Crippen molar-refractivity contribution in [2.75, 3.05) is 4.90 Å². The molecule has 0 spiro atoms. The van der Waals surface area contributed by atoms with Crippen LogP contribution in [0.5, 0.6) is 0 Å². The van der Waals surface area contributed by atoms with Crippen LogP contribution >= 0.6 is 11.3 Å². The van der Waals surface area contributed by atoms with Crippen molar-refractivity contribution in [1.29, 1.82) is 0 Å². The van der Waals surface area contributed by atoms with Gasteiger partial charge in [0, 0.05) is 58.8 Å². The number of aromatic nitrogens is 1. The molecule has 0 N–H and O–H groups in total. The van der Waals surface area contributed by atoms with E-state index >= 15 is 0 Å². The molecule has 13 aromatic rings. The molecule has 68 heavy (non-hydrogen) atoms. The van der Waals surface area contributed by atoms with E-state index in [-0.39, 0.29) is 5.41 Å². The van der Waals surface area contributed by atoms with Crippen molar-refractivity contribution in [2.24, 2.45) is 0 Å². The van der Waals surface area contributed by atoms with E-state index in [4.69, 9.17) is 0 Å². The maximum Gasteiger partial charge on any atom is 0.0547 e. The molecular weight excluding hydrogens is 841 g/mol. The van der Waals surface area contributed by atoms with E-state index in [0.29, 0.717) is 0 Å². The minimum Gasteiger partial charge on any atom is -0.310 e. The predicted octanol–water partition coefficient (Wildman–Crippen LogP) is 18.6. The molecule has 0 saturated heterocycles. The molecular formula is C65H44N2S. The highest BCUT2D eigenvalue weighted by Gasteiger charge is 2.35. The Morgan fingerprint density at radius 2 is 1.03 bits per heavy atom. The molecule has 0 aliphatic heterocycles. The van der Waals surface area contributed by atoms with Gasteiger partial charge in [-0.2, -0.15) is 0 Å². The van der Waals surface area contributed by atoms with Crippen LogP contribution in [0.25, 0.3) is 103 Å². The highest BCUT2D eigenvalue weighted by atomic mass is 32.1. The average molecular weight is 885 g/mol. The maximum atomic E-state index is 2.53. The highest BCUT2D eigenvalue weighted by molar-refractivity contribution is 7.26. The molecule has 14 rings (SSSR count). The van der Waals surface area contributed by atoms with Crippen LogP contribution in [0.1, 0.15) is 25.0 Å². The predicted molar refractivity (Wildman–Crippen MR) is 292 cm³/mol. The summed E-state index contributed by atoms with van der Waals surface area (Å²) >= 11 is 1.88. The van der Waals surface area contributed by atoms with Gasteiger partial charge in [-0.25, -0.2) is 0 Å². The number of thiophene rings is 1. The SMILES string of the molecule is CC1(C)c2ccccc2-c2ccc(-n3c4cc(-c5ccc(N(c6ccc(-c7ccccc7)cc6)c6cccc7ccccc67)cc5)ccc4c4cc5c(ccc6sc7ccccc7c65)cc43)cc21. The van der Waals surface area contributed by atoms with E-state index in [9.17, 15) is 0 Å². The molecule has 0 amide bonds. The third-order valence-corrected chi connectivity index (χ3v) is 15.9. The summed E-state index contributed by atoms with van der Waals surface area (Å²) in [7, 11) is 0. The topological polar surface area (TPSA) is 8.17 Å². The van der Waals surface area contributed by atoms with Crippen molar-refractivity contribution in [1.82, 2.24) is 4.57 Å². The zero-order chi connectivity index (χ0) is 45.1. The number of hydrogen-bond donors (Lipinski definition) is 0. The van der Waals surface area contributed by atoms with Gasteiger partial charge in [0.2, 0.25) is 0 Å². The Balaban J connectivity index is 0.941. The Bertz CT molecular complexity index is 4150. The van der Waals surface area contributed by atoms with Gasteiger partial charge in [0.25, 0.3) is 0 Å². The standard InChI is InChI=1S/C65H44N2S/c1-65(2)57-20-10-8-18-51(57)52-35-33-49(39-58(52)65)67-60-37-45(27-34-53(60)56-40-55-46(38-61(56)67)28-36-63-64(55)54-19-9-11-22-62(54)68-63)43-25-31-48(32-26-43)66(59-21-12-16-44-15-6-7-17-50(44)59)47-29-23-42(24-30-47)41-13-4-3-5-14-41/h3-40H,1-2H3. The summed E-state index contributed by atoms with van der Waals surface area (Å²) in [5, 5.41) is 10.2. The van der Waals surface area contributed by atoms with Crippen LogP contribution in [0.4, 0.5) is 17.1 Å². The second-order valence-electron chi connectivity index (χ2n) is 18.9. The summed E-state index contributed by atoms with van der Waals surface area (Å²) in [5.74, 6) is 0. The lowest BCUT2D eigenvalue weighted by molar-refractivity contribution is 0.660. The van der Waals surface area contributed by atoms with Crippen molar-refractivity contribution in [3.63, 3.8) is 0 Å². The number of rotatable bonds is 6. The summed E-state index contributed by atoms with van der Waals surface area (Å²) < 4.78 is 5.19. The normalized spacial score (nSPS) is 13.0. The van der Waals surface area contributed by atoms with Crippen LogP contribution in [-0.4, -0.2) is 4.57 Å². The second-order valence-corrected chi connectivity index (χ2v) is 20.0. The first-order valence-electron chi connectivity index (χ1n) is 23.6. The summed E-state index contributed by atoms with van der Waals surface area (Å²) in [6.45, 7) is 4.75.